The number of nitrogens with two attached hydrogens (primary N) is 1. The Bertz CT molecular complexity index is 707. The summed E-state index contributed by atoms with van der Waals surface area (Å²) in [7, 11) is -3.70. The zero-order chi connectivity index (χ0) is 14.8. The van der Waals surface area contributed by atoms with Crippen molar-refractivity contribution in [2.75, 3.05) is 5.32 Å². The minimum atomic E-state index is -3.70. The van der Waals surface area contributed by atoms with E-state index < -0.39 is 10.0 Å². The van der Waals surface area contributed by atoms with Crippen molar-refractivity contribution < 1.29 is 8.42 Å². The normalized spacial score (nSPS) is 11.6. The average molecular weight is 294 g/mol. The molecule has 0 aliphatic carbocycles. The molecule has 0 spiro atoms. The molecule has 2 rings (SSSR count). The molecule has 0 atom stereocenters. The van der Waals surface area contributed by atoms with E-state index in [-0.39, 0.29) is 4.90 Å². The van der Waals surface area contributed by atoms with Crippen LogP contribution in [-0.2, 0) is 23.1 Å². The topological polar surface area (TPSA) is 90.0 Å². The van der Waals surface area contributed by atoms with Crippen molar-refractivity contribution in [2.45, 2.75) is 31.8 Å². The average Bonchev–Trinajstić information content (AvgIpc) is 2.84. The fourth-order valence-corrected chi connectivity index (χ4v) is 2.81. The van der Waals surface area contributed by atoms with Crippen molar-refractivity contribution in [3.63, 3.8) is 0 Å². The van der Waals surface area contributed by atoms with E-state index in [0.29, 0.717) is 17.8 Å². The highest BCUT2D eigenvalue weighted by Crippen LogP contribution is 2.19. The first-order valence-corrected chi connectivity index (χ1v) is 7.84. The maximum atomic E-state index is 11.5. The summed E-state index contributed by atoms with van der Waals surface area (Å²) < 4.78 is 24.8. The van der Waals surface area contributed by atoms with Gasteiger partial charge in [-0.05, 0) is 37.6 Å². The van der Waals surface area contributed by atoms with E-state index >= 15 is 0 Å². The highest BCUT2D eigenvalue weighted by Gasteiger charge is 2.12. The number of aromatic nitrogens is 2. The Labute approximate surface area is 118 Å². The third-order valence-corrected chi connectivity index (χ3v) is 4.13. The van der Waals surface area contributed by atoms with Gasteiger partial charge in [0.05, 0.1) is 17.1 Å². The van der Waals surface area contributed by atoms with Crippen LogP contribution in [0.4, 0.5) is 5.69 Å². The van der Waals surface area contributed by atoms with E-state index in [1.807, 2.05) is 23.7 Å². The van der Waals surface area contributed by atoms with Crippen LogP contribution in [0.3, 0.4) is 0 Å². The highest BCUT2D eigenvalue weighted by atomic mass is 32.2. The second-order valence-electron chi connectivity index (χ2n) is 4.52. The molecule has 1 aromatic heterocycles. The molecular weight excluding hydrogens is 276 g/mol. The summed E-state index contributed by atoms with van der Waals surface area (Å²) in [6.07, 6.45) is 1.74. The van der Waals surface area contributed by atoms with E-state index in [4.69, 9.17) is 5.14 Å². The third-order valence-electron chi connectivity index (χ3n) is 3.07. The van der Waals surface area contributed by atoms with Gasteiger partial charge in [0, 0.05) is 18.4 Å². The largest absolute Gasteiger partial charge is 0.379 e. The minimum absolute atomic E-state index is 0.145. The van der Waals surface area contributed by atoms with Gasteiger partial charge in [0.15, 0.2) is 0 Å². The Morgan fingerprint density at radius 3 is 2.75 bits per heavy atom. The predicted octanol–water partition coefficient (Wildman–Crippen LogP) is 1.47. The molecule has 0 fully saturated rings. The van der Waals surface area contributed by atoms with Crippen LogP contribution in [0.15, 0.2) is 35.4 Å². The Balaban J connectivity index is 2.19. The van der Waals surface area contributed by atoms with E-state index in [1.54, 1.807) is 25.3 Å². The maximum Gasteiger partial charge on any atom is 0.238 e. The van der Waals surface area contributed by atoms with Gasteiger partial charge in [-0.2, -0.15) is 5.10 Å². The molecule has 108 valence electrons. The van der Waals surface area contributed by atoms with Crippen molar-refractivity contribution >= 4 is 15.7 Å². The molecule has 2 aromatic rings. The molecule has 3 N–H and O–H groups in total. The van der Waals surface area contributed by atoms with Gasteiger partial charge in [0.1, 0.15) is 0 Å². The van der Waals surface area contributed by atoms with Crippen LogP contribution in [0.1, 0.15) is 18.2 Å². The Morgan fingerprint density at radius 1 is 1.35 bits per heavy atom. The van der Waals surface area contributed by atoms with Crippen molar-refractivity contribution in [3.05, 3.63) is 41.7 Å². The van der Waals surface area contributed by atoms with Crippen LogP contribution in [0.25, 0.3) is 0 Å². The molecule has 20 heavy (non-hydrogen) atoms. The van der Waals surface area contributed by atoms with Gasteiger partial charge in [-0.3, -0.25) is 4.68 Å². The van der Waals surface area contributed by atoms with Crippen molar-refractivity contribution in [1.82, 2.24) is 9.78 Å². The van der Waals surface area contributed by atoms with E-state index in [1.165, 1.54) is 0 Å². The van der Waals surface area contributed by atoms with Crippen LogP contribution >= 0.6 is 0 Å². The SMILES string of the molecule is CCn1nccc1CNc1ccc(C)c(S(N)(=O)=O)c1. The van der Waals surface area contributed by atoms with Gasteiger partial charge in [0.25, 0.3) is 0 Å². The molecule has 0 aliphatic heterocycles. The fourth-order valence-electron chi connectivity index (χ4n) is 2.00. The van der Waals surface area contributed by atoms with Gasteiger partial charge in [-0.1, -0.05) is 6.07 Å². The van der Waals surface area contributed by atoms with Crippen LogP contribution in [0, 0.1) is 6.92 Å². The molecule has 0 amide bonds. The number of hydrogen-bond donors (Lipinski definition) is 2. The second-order valence-corrected chi connectivity index (χ2v) is 6.05. The third kappa shape index (κ3) is 3.17. The number of primary sulfonamides is 1. The predicted molar refractivity (Wildman–Crippen MR) is 77.8 cm³/mol. The molecule has 1 heterocycles. The summed E-state index contributed by atoms with van der Waals surface area (Å²) in [5, 5.41) is 12.6. The zero-order valence-corrected chi connectivity index (χ0v) is 12.3. The number of nitrogens with one attached hydrogen (secondary N) is 1. The first-order chi connectivity index (χ1) is 9.41. The quantitative estimate of drug-likeness (QED) is 0.873. The lowest BCUT2D eigenvalue weighted by atomic mass is 10.2. The molecule has 0 aliphatic rings. The second kappa shape index (κ2) is 5.64. The molecule has 0 saturated carbocycles. The first kappa shape index (κ1) is 14.5. The summed E-state index contributed by atoms with van der Waals surface area (Å²) in [6, 6.07) is 7.04. The van der Waals surface area contributed by atoms with E-state index in [0.717, 1.165) is 12.2 Å². The number of benzene rings is 1. The van der Waals surface area contributed by atoms with Crippen LogP contribution in [0.5, 0.6) is 0 Å². The molecule has 0 bridgehead atoms. The van der Waals surface area contributed by atoms with Gasteiger partial charge in [-0.15, -0.1) is 0 Å². The van der Waals surface area contributed by atoms with Gasteiger partial charge in [0.2, 0.25) is 10.0 Å². The van der Waals surface area contributed by atoms with E-state index in [9.17, 15) is 8.42 Å². The molecule has 0 saturated heterocycles. The van der Waals surface area contributed by atoms with E-state index in [2.05, 4.69) is 10.4 Å². The maximum absolute atomic E-state index is 11.5. The Morgan fingerprint density at radius 2 is 2.10 bits per heavy atom. The molecule has 0 radical (unpaired) electrons. The lowest BCUT2D eigenvalue weighted by Crippen LogP contribution is -2.14. The summed E-state index contributed by atoms with van der Waals surface area (Å²) in [6.45, 7) is 5.10. The standard InChI is InChI=1S/C13H18N4O2S/c1-3-17-12(6-7-16-17)9-15-11-5-4-10(2)13(8-11)20(14,18)19/h4-8,15H,3,9H2,1-2H3,(H2,14,18,19). The number of anilines is 1. The fraction of sp³-hybridized carbons (Fsp3) is 0.308. The van der Waals surface area contributed by atoms with Crippen molar-refractivity contribution in [3.8, 4) is 0 Å². The van der Waals surface area contributed by atoms with Crippen molar-refractivity contribution in [2.24, 2.45) is 5.14 Å². The highest BCUT2D eigenvalue weighted by molar-refractivity contribution is 7.89. The summed E-state index contributed by atoms with van der Waals surface area (Å²) >= 11 is 0. The lowest BCUT2D eigenvalue weighted by Gasteiger charge is -2.10. The zero-order valence-electron chi connectivity index (χ0n) is 11.5. The Hall–Kier alpha value is -1.86. The molecule has 6 nitrogen and oxygen atoms in total. The summed E-state index contributed by atoms with van der Waals surface area (Å²) in [5.41, 5.74) is 2.38. The molecule has 7 heteroatoms. The lowest BCUT2D eigenvalue weighted by molar-refractivity contribution is 0.597. The van der Waals surface area contributed by atoms with Gasteiger partial charge < -0.3 is 5.32 Å². The summed E-state index contributed by atoms with van der Waals surface area (Å²) in [5.74, 6) is 0. The number of aryl methyl sites for hydroxylation is 2. The number of hydrogen-bond acceptors (Lipinski definition) is 4. The number of rotatable bonds is 5. The monoisotopic (exact) mass is 294 g/mol. The van der Waals surface area contributed by atoms with Gasteiger partial charge in [-0.25, -0.2) is 13.6 Å². The van der Waals surface area contributed by atoms with Crippen molar-refractivity contribution in [1.29, 1.82) is 0 Å². The molecule has 1 aromatic carbocycles. The summed E-state index contributed by atoms with van der Waals surface area (Å²) in [4.78, 5) is 0.145. The first-order valence-electron chi connectivity index (χ1n) is 6.30. The van der Waals surface area contributed by atoms with Crippen LogP contribution in [-0.4, -0.2) is 18.2 Å². The van der Waals surface area contributed by atoms with Crippen LogP contribution in [0.2, 0.25) is 0 Å². The number of sulfonamides is 1. The molecular formula is C13H18N4O2S. The van der Waals surface area contributed by atoms with Gasteiger partial charge >= 0.3 is 0 Å². The molecule has 0 unspecified atom stereocenters. The minimum Gasteiger partial charge on any atom is -0.379 e. The van der Waals surface area contributed by atoms with Crippen LogP contribution < -0.4 is 10.5 Å². The smallest absolute Gasteiger partial charge is 0.238 e. The number of nitrogens with zero attached hydrogens (tertiary/aromatic N) is 2. The Kier molecular flexibility index (Phi) is 4.10.